The molecule has 27 heavy (non-hydrogen) atoms. The Balaban J connectivity index is -0.000000563. The van der Waals surface area contributed by atoms with Gasteiger partial charge in [0.05, 0.1) is 5.56 Å². The normalized spacial score (nSPS) is 12.4. The minimum absolute atomic E-state index is 0. The first kappa shape index (κ1) is 27.2. The van der Waals surface area contributed by atoms with Gasteiger partial charge in [0.15, 0.2) is 0 Å². The second-order valence-corrected chi connectivity index (χ2v) is 5.82. The van der Waals surface area contributed by atoms with Gasteiger partial charge in [0.2, 0.25) is 5.91 Å². The number of carboxylic acid groups (broad SMARTS) is 1. The molecule has 0 radical (unpaired) electrons. The third kappa shape index (κ3) is 7.84. The predicted octanol–water partition coefficient (Wildman–Crippen LogP) is -5.56. The number of hydrogen-bond donors (Lipinski definition) is 1. The zero-order chi connectivity index (χ0) is 16.9. The molecule has 0 saturated carbocycles. The first-order valence-corrected chi connectivity index (χ1v) is 7.94. The van der Waals surface area contributed by atoms with Gasteiger partial charge in [-0.25, -0.2) is 4.79 Å². The van der Waals surface area contributed by atoms with Gasteiger partial charge in [-0.05, 0) is 24.1 Å². The summed E-state index contributed by atoms with van der Waals surface area (Å²) < 4.78 is 5.86. The fourth-order valence-corrected chi connectivity index (χ4v) is 2.76. The summed E-state index contributed by atoms with van der Waals surface area (Å²) in [5, 5.41) is 9.19. The average Bonchev–Trinajstić information content (AvgIpc) is 2.99. The molecule has 8 heteroatoms. The zero-order valence-electron chi connectivity index (χ0n) is 19.3. The number of benzene rings is 2. The fraction of sp³-hybridized carbons (Fsp3) is 0.263. The molecule has 0 spiro atoms. The molecule has 1 saturated heterocycles. The molecule has 3 rings (SSSR count). The molecule has 2 aromatic carbocycles. The van der Waals surface area contributed by atoms with E-state index in [1.165, 1.54) is 6.07 Å². The number of carboxylic acids is 1. The third-order valence-electron chi connectivity index (χ3n) is 4.08. The zero-order valence-corrected chi connectivity index (χ0v) is 22.3. The number of hydrogen-bond acceptors (Lipinski definition) is 3. The van der Waals surface area contributed by atoms with E-state index in [1.54, 1.807) is 17.0 Å². The van der Waals surface area contributed by atoms with E-state index in [9.17, 15) is 14.7 Å². The number of amides is 1. The van der Waals surface area contributed by atoms with Crippen molar-refractivity contribution in [2.24, 2.45) is 0 Å². The van der Waals surface area contributed by atoms with Crippen LogP contribution in [0.5, 0.6) is 5.75 Å². The van der Waals surface area contributed by atoms with E-state index in [4.69, 9.17) is 4.74 Å². The summed E-state index contributed by atoms with van der Waals surface area (Å²) in [6, 6.07) is 14.5. The van der Waals surface area contributed by atoms with Crippen molar-refractivity contribution in [3.8, 4) is 5.75 Å². The third-order valence-corrected chi connectivity index (χ3v) is 4.08. The number of carbonyl (C=O) groups is 2. The minimum Gasteiger partial charge on any atom is -1.00 e. The van der Waals surface area contributed by atoms with Crippen molar-refractivity contribution >= 4 is 11.9 Å². The molecule has 0 unspecified atom stereocenters. The van der Waals surface area contributed by atoms with Crippen LogP contribution in [-0.4, -0.2) is 28.4 Å². The van der Waals surface area contributed by atoms with E-state index >= 15 is 0 Å². The van der Waals surface area contributed by atoms with E-state index < -0.39 is 5.97 Å². The molecule has 2 aromatic rings. The monoisotopic (exact) mass is 397 g/mol. The molecule has 0 bridgehead atoms. The fourth-order valence-electron chi connectivity index (χ4n) is 2.76. The quantitative estimate of drug-likeness (QED) is 0.494. The Morgan fingerprint density at radius 3 is 2.41 bits per heavy atom. The van der Waals surface area contributed by atoms with Crippen LogP contribution in [0.25, 0.3) is 0 Å². The summed E-state index contributed by atoms with van der Waals surface area (Å²) in [5.74, 6) is -0.354. The maximum absolute atomic E-state index is 11.8. The predicted molar refractivity (Wildman–Crippen MR) is 92.2 cm³/mol. The first-order valence-electron chi connectivity index (χ1n) is 7.94. The summed E-state index contributed by atoms with van der Waals surface area (Å²) in [4.78, 5) is 24.8. The summed E-state index contributed by atoms with van der Waals surface area (Å²) in [6.45, 7) is 1.53. The first-order chi connectivity index (χ1) is 11.6. The number of ether oxygens (including phenoxy) is 1. The van der Waals surface area contributed by atoms with E-state index in [1.807, 2.05) is 30.3 Å². The maximum Gasteiger partial charge on any atom is 1.00 e. The molecule has 0 aliphatic carbocycles. The second kappa shape index (κ2) is 13.4. The molecule has 1 amide bonds. The molecule has 5 nitrogen and oxygen atoms in total. The SMILES string of the molecule is O=C(O)c1ccc(CN2CCCC2=O)c(OCc2ccccc2)c1.[H-].[H-].[H-].[Na+].[Na+].[Na+]. The Bertz CT molecular complexity index is 770. The van der Waals surface area contributed by atoms with E-state index in [0.717, 1.165) is 24.1 Å². The van der Waals surface area contributed by atoms with Crippen LogP contribution in [0.1, 0.15) is 38.6 Å². The van der Waals surface area contributed by atoms with Gasteiger partial charge in [-0.15, -0.1) is 0 Å². The van der Waals surface area contributed by atoms with Crippen LogP contribution in [0.2, 0.25) is 0 Å². The Morgan fingerprint density at radius 2 is 1.81 bits per heavy atom. The van der Waals surface area contributed by atoms with Crippen LogP contribution < -0.4 is 93.4 Å². The van der Waals surface area contributed by atoms with Crippen molar-refractivity contribution in [2.45, 2.75) is 26.0 Å². The van der Waals surface area contributed by atoms with Crippen LogP contribution in [0, 0.1) is 0 Å². The Hall–Kier alpha value is 0.180. The molecule has 0 aromatic heterocycles. The number of carbonyl (C=O) groups excluding carboxylic acids is 1. The van der Waals surface area contributed by atoms with Gasteiger partial charge in [-0.1, -0.05) is 36.4 Å². The smallest absolute Gasteiger partial charge is 1.00 e. The van der Waals surface area contributed by atoms with Crippen molar-refractivity contribution in [1.29, 1.82) is 0 Å². The standard InChI is InChI=1S/C19H19NO4.3Na.3H/c21-18-7-4-10-20(18)12-16-9-8-15(19(22)23)11-17(16)24-13-14-5-2-1-3-6-14;;;;;;/h1-3,5-6,8-9,11H,4,7,10,12-13H2,(H,22,23);;;;;;/q;3*+1;3*-1. The Morgan fingerprint density at radius 1 is 1.11 bits per heavy atom. The number of rotatable bonds is 6. The van der Waals surface area contributed by atoms with Crippen molar-refractivity contribution in [3.63, 3.8) is 0 Å². The van der Waals surface area contributed by atoms with Gasteiger partial charge in [-0.3, -0.25) is 4.79 Å². The van der Waals surface area contributed by atoms with Gasteiger partial charge in [0.1, 0.15) is 12.4 Å². The van der Waals surface area contributed by atoms with Crippen LogP contribution in [-0.2, 0) is 17.9 Å². The molecule has 1 heterocycles. The summed E-state index contributed by atoms with van der Waals surface area (Å²) in [5.41, 5.74) is 2.00. The topological polar surface area (TPSA) is 66.8 Å². The molecule has 1 fully saturated rings. The summed E-state index contributed by atoms with van der Waals surface area (Å²) >= 11 is 0. The van der Waals surface area contributed by atoms with Gasteiger partial charge in [-0.2, -0.15) is 0 Å². The molecule has 1 N–H and O–H groups in total. The molecule has 1 aliphatic heterocycles. The van der Waals surface area contributed by atoms with Crippen molar-refractivity contribution < 1.29 is 112 Å². The number of aromatic carboxylic acids is 1. The molecule has 1 aliphatic rings. The molecule has 0 atom stereocenters. The second-order valence-electron chi connectivity index (χ2n) is 5.82. The molecular formula is C19H22NNa3O4. The van der Waals surface area contributed by atoms with Gasteiger partial charge in [0, 0.05) is 25.1 Å². The maximum atomic E-state index is 11.8. The van der Waals surface area contributed by atoms with Gasteiger partial charge < -0.3 is 19.0 Å². The number of nitrogens with zero attached hydrogens (tertiary/aromatic N) is 1. The summed E-state index contributed by atoms with van der Waals surface area (Å²) in [7, 11) is 0. The Labute approximate surface area is 230 Å². The van der Waals surface area contributed by atoms with Crippen LogP contribution in [0.15, 0.2) is 48.5 Å². The van der Waals surface area contributed by atoms with Crippen molar-refractivity contribution in [2.75, 3.05) is 6.54 Å². The van der Waals surface area contributed by atoms with Gasteiger partial charge >= 0.3 is 94.6 Å². The van der Waals surface area contributed by atoms with Crippen LogP contribution in [0.3, 0.4) is 0 Å². The largest absolute Gasteiger partial charge is 1.00 e. The van der Waals surface area contributed by atoms with Crippen molar-refractivity contribution in [3.05, 3.63) is 65.2 Å². The Kier molecular flexibility index (Phi) is 13.5. The molecule has 130 valence electrons. The minimum atomic E-state index is -0.997. The van der Waals surface area contributed by atoms with Crippen LogP contribution >= 0.6 is 0 Å². The number of likely N-dealkylation sites (tertiary alicyclic amines) is 1. The van der Waals surface area contributed by atoms with E-state index in [2.05, 4.69) is 0 Å². The van der Waals surface area contributed by atoms with Crippen LogP contribution in [0.4, 0.5) is 0 Å². The van der Waals surface area contributed by atoms with Gasteiger partial charge in [0.25, 0.3) is 0 Å². The van der Waals surface area contributed by atoms with E-state index in [-0.39, 0.29) is 104 Å². The van der Waals surface area contributed by atoms with E-state index in [0.29, 0.717) is 25.3 Å². The summed E-state index contributed by atoms with van der Waals surface area (Å²) in [6.07, 6.45) is 1.44. The average molecular weight is 397 g/mol. The van der Waals surface area contributed by atoms with Crippen molar-refractivity contribution in [1.82, 2.24) is 4.90 Å². The molecular weight excluding hydrogens is 375 g/mol.